The van der Waals surface area contributed by atoms with Gasteiger partial charge in [0.05, 0.1) is 24.6 Å². The average Bonchev–Trinajstić information content (AvgIpc) is 3.39. The highest BCUT2D eigenvalue weighted by Crippen LogP contribution is 2.18. The molecule has 1 fully saturated rings. The third-order valence-corrected chi connectivity index (χ3v) is 6.48. The molecule has 0 aliphatic carbocycles. The van der Waals surface area contributed by atoms with Crippen molar-refractivity contribution in [3.8, 4) is 0 Å². The topological polar surface area (TPSA) is 104 Å². The Labute approximate surface area is 213 Å². The van der Waals surface area contributed by atoms with E-state index in [4.69, 9.17) is 14.5 Å². The SMILES string of the molecule is CCOC(=O)c1cc2c(=O)n3cccc(C)c3nc2n(C[C@H]2CCCO2)c1=NC(=O)c1cccc(C)c1. The summed E-state index contributed by atoms with van der Waals surface area (Å²) in [5.74, 6) is -1.18. The second kappa shape index (κ2) is 10.1. The molecule has 3 aromatic heterocycles. The van der Waals surface area contributed by atoms with Crippen molar-refractivity contribution in [2.45, 2.75) is 46.3 Å². The number of nitrogens with zero attached hydrogens (tertiary/aromatic N) is 4. The molecule has 1 aliphatic heterocycles. The van der Waals surface area contributed by atoms with Crippen molar-refractivity contribution < 1.29 is 19.1 Å². The van der Waals surface area contributed by atoms with E-state index in [0.29, 0.717) is 23.5 Å². The Morgan fingerprint density at radius 2 is 2.00 bits per heavy atom. The predicted molar refractivity (Wildman–Crippen MR) is 138 cm³/mol. The molecule has 4 heterocycles. The number of hydrogen-bond donors (Lipinski definition) is 0. The summed E-state index contributed by atoms with van der Waals surface area (Å²) in [5.41, 5.74) is 2.73. The van der Waals surface area contributed by atoms with Crippen molar-refractivity contribution >= 4 is 28.6 Å². The van der Waals surface area contributed by atoms with Gasteiger partial charge < -0.3 is 14.0 Å². The first-order valence-corrected chi connectivity index (χ1v) is 12.4. The Kier molecular flexibility index (Phi) is 6.71. The van der Waals surface area contributed by atoms with Crippen molar-refractivity contribution in [3.05, 3.63) is 86.8 Å². The van der Waals surface area contributed by atoms with Crippen molar-refractivity contribution in [2.75, 3.05) is 13.2 Å². The van der Waals surface area contributed by atoms with E-state index >= 15 is 0 Å². The minimum atomic E-state index is -0.671. The van der Waals surface area contributed by atoms with Gasteiger partial charge in [-0.2, -0.15) is 4.99 Å². The molecule has 37 heavy (non-hydrogen) atoms. The van der Waals surface area contributed by atoms with Gasteiger partial charge in [0.2, 0.25) is 0 Å². The molecule has 9 nitrogen and oxygen atoms in total. The summed E-state index contributed by atoms with van der Waals surface area (Å²) in [7, 11) is 0. The molecule has 1 aliphatic rings. The molecule has 1 atom stereocenters. The quantitative estimate of drug-likeness (QED) is 0.307. The Balaban J connectivity index is 1.88. The largest absolute Gasteiger partial charge is 0.462 e. The fraction of sp³-hybridized carbons (Fsp3) is 0.321. The van der Waals surface area contributed by atoms with Crippen LogP contribution in [0, 0.1) is 13.8 Å². The normalized spacial score (nSPS) is 16.0. The molecular formula is C28H28N4O5. The maximum Gasteiger partial charge on any atom is 0.341 e. The number of aromatic nitrogens is 3. The van der Waals surface area contributed by atoms with Crippen LogP contribution in [0.3, 0.4) is 0 Å². The highest BCUT2D eigenvalue weighted by atomic mass is 16.5. The lowest BCUT2D eigenvalue weighted by molar-refractivity contribution is 0.0521. The first-order valence-electron chi connectivity index (χ1n) is 12.4. The molecule has 0 N–H and O–H groups in total. The number of benzene rings is 1. The maximum atomic E-state index is 13.6. The molecule has 0 unspecified atom stereocenters. The second-order valence-corrected chi connectivity index (χ2v) is 9.17. The fourth-order valence-electron chi connectivity index (χ4n) is 4.67. The number of fused-ring (bicyclic) bond motifs is 2. The van der Waals surface area contributed by atoms with E-state index in [1.54, 1.807) is 42.0 Å². The lowest BCUT2D eigenvalue weighted by atomic mass is 10.1. The minimum absolute atomic E-state index is 0.0276. The number of amides is 1. The highest BCUT2D eigenvalue weighted by Gasteiger charge is 2.24. The lowest BCUT2D eigenvalue weighted by Crippen LogP contribution is -2.35. The number of carbonyl (C=O) groups is 2. The van der Waals surface area contributed by atoms with Crippen molar-refractivity contribution in [3.63, 3.8) is 0 Å². The summed E-state index contributed by atoms with van der Waals surface area (Å²) in [6.07, 6.45) is 3.17. The Hall–Kier alpha value is -4.11. The van der Waals surface area contributed by atoms with E-state index in [9.17, 15) is 14.4 Å². The highest BCUT2D eigenvalue weighted by molar-refractivity contribution is 5.97. The third kappa shape index (κ3) is 4.70. The summed E-state index contributed by atoms with van der Waals surface area (Å²) in [6, 6.07) is 12.2. The molecule has 0 radical (unpaired) electrons. The van der Waals surface area contributed by atoms with Crippen molar-refractivity contribution in [1.82, 2.24) is 14.0 Å². The number of hydrogen-bond acceptors (Lipinski definition) is 6. The van der Waals surface area contributed by atoms with Crippen LogP contribution in [0.15, 0.2) is 58.4 Å². The van der Waals surface area contributed by atoms with Gasteiger partial charge in [-0.3, -0.25) is 14.0 Å². The Morgan fingerprint density at radius 3 is 2.73 bits per heavy atom. The van der Waals surface area contributed by atoms with Crippen LogP contribution in [-0.4, -0.2) is 45.1 Å². The fourth-order valence-corrected chi connectivity index (χ4v) is 4.67. The summed E-state index contributed by atoms with van der Waals surface area (Å²) in [6.45, 7) is 6.48. The molecule has 1 saturated heterocycles. The van der Waals surface area contributed by atoms with Gasteiger partial charge >= 0.3 is 5.97 Å². The van der Waals surface area contributed by atoms with Gasteiger partial charge in [-0.05, 0) is 63.4 Å². The van der Waals surface area contributed by atoms with Crippen LogP contribution in [0.4, 0.5) is 0 Å². The van der Waals surface area contributed by atoms with Crippen LogP contribution in [-0.2, 0) is 16.0 Å². The molecule has 9 heteroatoms. The Bertz CT molecular complexity index is 1660. The molecule has 4 aromatic rings. The predicted octanol–water partition coefficient (Wildman–Crippen LogP) is 3.36. The third-order valence-electron chi connectivity index (χ3n) is 6.48. The van der Waals surface area contributed by atoms with Gasteiger partial charge in [0.25, 0.3) is 11.5 Å². The van der Waals surface area contributed by atoms with E-state index in [1.165, 1.54) is 10.5 Å². The summed E-state index contributed by atoms with van der Waals surface area (Å²) >= 11 is 0. The van der Waals surface area contributed by atoms with Gasteiger partial charge in [0.15, 0.2) is 5.49 Å². The molecule has 0 saturated carbocycles. The zero-order chi connectivity index (χ0) is 26.1. The summed E-state index contributed by atoms with van der Waals surface area (Å²) in [5, 5.41) is 0.228. The number of pyridine rings is 2. The molecule has 0 spiro atoms. The first kappa shape index (κ1) is 24.6. The molecule has 0 bridgehead atoms. The molecule has 1 aromatic carbocycles. The number of rotatable bonds is 5. The van der Waals surface area contributed by atoms with Gasteiger partial charge in [-0.1, -0.05) is 23.8 Å². The van der Waals surface area contributed by atoms with Gasteiger partial charge in [0, 0.05) is 18.4 Å². The monoisotopic (exact) mass is 500 g/mol. The number of carbonyl (C=O) groups excluding carboxylic acids is 2. The molecular weight excluding hydrogens is 472 g/mol. The number of aryl methyl sites for hydroxylation is 2. The van der Waals surface area contributed by atoms with Crippen LogP contribution in [0.2, 0.25) is 0 Å². The van der Waals surface area contributed by atoms with Crippen LogP contribution < -0.4 is 11.0 Å². The van der Waals surface area contributed by atoms with Crippen LogP contribution in [0.25, 0.3) is 16.7 Å². The van der Waals surface area contributed by atoms with Crippen LogP contribution >= 0.6 is 0 Å². The van der Waals surface area contributed by atoms with E-state index in [1.807, 2.05) is 26.0 Å². The van der Waals surface area contributed by atoms with E-state index in [0.717, 1.165) is 24.0 Å². The maximum absolute atomic E-state index is 13.6. The lowest BCUT2D eigenvalue weighted by Gasteiger charge is -2.18. The zero-order valence-electron chi connectivity index (χ0n) is 21.1. The molecule has 5 rings (SSSR count). The second-order valence-electron chi connectivity index (χ2n) is 9.17. The van der Waals surface area contributed by atoms with Gasteiger partial charge in [0.1, 0.15) is 16.9 Å². The standard InChI is InChI=1S/C28H28N4O5/c1-4-36-28(35)22-15-21-24(29-23-18(3)9-6-12-31(23)27(21)34)32(16-20-11-7-13-37-20)25(22)30-26(33)19-10-5-8-17(2)14-19/h5-6,8-10,12,14-15,20H,4,7,11,13,16H2,1-3H3/t20-/m1/s1. The van der Waals surface area contributed by atoms with Gasteiger partial charge in [-0.15, -0.1) is 0 Å². The van der Waals surface area contributed by atoms with Crippen molar-refractivity contribution in [1.29, 1.82) is 0 Å². The summed E-state index contributed by atoms with van der Waals surface area (Å²) in [4.78, 5) is 49.3. The minimum Gasteiger partial charge on any atom is -0.462 e. The Morgan fingerprint density at radius 1 is 1.16 bits per heavy atom. The molecule has 1 amide bonds. The van der Waals surface area contributed by atoms with Crippen LogP contribution in [0.1, 0.15) is 51.6 Å². The average molecular weight is 501 g/mol. The first-order chi connectivity index (χ1) is 17.9. The summed E-state index contributed by atoms with van der Waals surface area (Å²) < 4.78 is 14.3. The molecule has 190 valence electrons. The van der Waals surface area contributed by atoms with E-state index < -0.39 is 11.9 Å². The number of ether oxygens (including phenoxy) is 2. The van der Waals surface area contributed by atoms with Crippen LogP contribution in [0.5, 0.6) is 0 Å². The van der Waals surface area contributed by atoms with Gasteiger partial charge in [-0.25, -0.2) is 9.78 Å². The van der Waals surface area contributed by atoms with Crippen molar-refractivity contribution in [2.24, 2.45) is 4.99 Å². The van der Waals surface area contributed by atoms with E-state index in [-0.39, 0.29) is 41.3 Å². The zero-order valence-corrected chi connectivity index (χ0v) is 21.1. The van der Waals surface area contributed by atoms with E-state index in [2.05, 4.69) is 4.99 Å². The smallest absolute Gasteiger partial charge is 0.341 e. The number of esters is 1.